The minimum atomic E-state index is 0.827. The molecule has 5 aromatic rings. The quantitative estimate of drug-likeness (QED) is 0.200. The van der Waals surface area contributed by atoms with Gasteiger partial charge in [0.05, 0.1) is 14.2 Å². The summed E-state index contributed by atoms with van der Waals surface area (Å²) in [6.45, 7) is 2.12. The summed E-state index contributed by atoms with van der Waals surface area (Å²) in [5, 5.41) is 0. The van der Waals surface area contributed by atoms with E-state index < -0.39 is 0 Å². The molecule has 0 aromatic heterocycles. The van der Waals surface area contributed by atoms with Gasteiger partial charge in [0, 0.05) is 17.1 Å². The van der Waals surface area contributed by atoms with Crippen molar-refractivity contribution in [3.8, 4) is 11.5 Å². The number of anilines is 3. The molecule has 0 saturated heterocycles. The summed E-state index contributed by atoms with van der Waals surface area (Å²) in [5.74, 6) is 1.65. The molecular weight excluding hydrogens is 466 g/mol. The van der Waals surface area contributed by atoms with E-state index in [1.165, 1.54) is 22.3 Å². The number of ether oxygens (including phenoxy) is 2. The first kappa shape index (κ1) is 24.9. The Kier molecular flexibility index (Phi) is 7.56. The van der Waals surface area contributed by atoms with Gasteiger partial charge < -0.3 is 14.4 Å². The molecule has 3 nitrogen and oxygen atoms in total. The van der Waals surface area contributed by atoms with Crippen LogP contribution < -0.4 is 14.4 Å². The number of benzene rings is 5. The summed E-state index contributed by atoms with van der Waals surface area (Å²) in [7, 11) is 3.37. The number of hydrogen-bond acceptors (Lipinski definition) is 3. The largest absolute Gasteiger partial charge is 0.497 e. The molecule has 0 radical (unpaired) electrons. The summed E-state index contributed by atoms with van der Waals surface area (Å²) >= 11 is 0. The fraction of sp³-hybridized carbons (Fsp3) is 0.0857. The van der Waals surface area contributed by atoms with Crippen LogP contribution in [0.25, 0.3) is 11.6 Å². The van der Waals surface area contributed by atoms with Crippen molar-refractivity contribution < 1.29 is 9.47 Å². The van der Waals surface area contributed by atoms with Crippen LogP contribution in [0.15, 0.2) is 127 Å². The van der Waals surface area contributed by atoms with Gasteiger partial charge in [0.15, 0.2) is 0 Å². The highest BCUT2D eigenvalue weighted by Gasteiger charge is 2.13. The van der Waals surface area contributed by atoms with E-state index in [-0.39, 0.29) is 0 Å². The second-order valence-electron chi connectivity index (χ2n) is 9.11. The van der Waals surface area contributed by atoms with Gasteiger partial charge in [-0.2, -0.15) is 0 Å². The standard InChI is InChI=1S/C35H31NO2/c1-26-9-13-29(14-10-26)35(28-7-5-4-6-8-28)25-27-11-15-30(16-12-27)36(31-17-21-33(37-2)22-18-31)32-19-23-34(38-3)24-20-32/h4-25H,1-3H3/b35-25+. The van der Waals surface area contributed by atoms with Gasteiger partial charge in [-0.1, -0.05) is 72.3 Å². The zero-order valence-electron chi connectivity index (χ0n) is 22.0. The van der Waals surface area contributed by atoms with Crippen molar-refractivity contribution >= 4 is 28.7 Å². The van der Waals surface area contributed by atoms with Crippen molar-refractivity contribution in [3.63, 3.8) is 0 Å². The lowest BCUT2D eigenvalue weighted by atomic mass is 9.95. The van der Waals surface area contributed by atoms with Crippen LogP contribution in [0.1, 0.15) is 22.3 Å². The Morgan fingerprint density at radius 1 is 0.526 bits per heavy atom. The smallest absolute Gasteiger partial charge is 0.119 e. The van der Waals surface area contributed by atoms with Gasteiger partial charge in [0.25, 0.3) is 0 Å². The molecule has 0 unspecified atom stereocenters. The van der Waals surface area contributed by atoms with Gasteiger partial charge >= 0.3 is 0 Å². The van der Waals surface area contributed by atoms with Crippen LogP contribution in [0, 0.1) is 6.92 Å². The Hall–Kier alpha value is -4.76. The lowest BCUT2D eigenvalue weighted by Crippen LogP contribution is -2.09. The van der Waals surface area contributed by atoms with E-state index in [2.05, 4.69) is 121 Å². The third-order valence-electron chi connectivity index (χ3n) is 6.57. The monoisotopic (exact) mass is 497 g/mol. The highest BCUT2D eigenvalue weighted by atomic mass is 16.5. The van der Waals surface area contributed by atoms with Crippen LogP contribution in [-0.4, -0.2) is 14.2 Å². The lowest BCUT2D eigenvalue weighted by Gasteiger charge is -2.26. The zero-order chi connectivity index (χ0) is 26.3. The maximum absolute atomic E-state index is 5.38. The van der Waals surface area contributed by atoms with Crippen LogP contribution in [0.2, 0.25) is 0 Å². The molecule has 5 aromatic carbocycles. The third kappa shape index (κ3) is 5.63. The highest BCUT2D eigenvalue weighted by molar-refractivity contribution is 5.91. The van der Waals surface area contributed by atoms with Gasteiger partial charge in [0.2, 0.25) is 0 Å². The van der Waals surface area contributed by atoms with Crippen molar-refractivity contribution in [1.29, 1.82) is 0 Å². The highest BCUT2D eigenvalue weighted by Crippen LogP contribution is 2.36. The number of hydrogen-bond donors (Lipinski definition) is 0. The number of methoxy groups -OCH3 is 2. The third-order valence-corrected chi connectivity index (χ3v) is 6.57. The van der Waals surface area contributed by atoms with Gasteiger partial charge in [-0.25, -0.2) is 0 Å². The topological polar surface area (TPSA) is 21.7 Å². The maximum atomic E-state index is 5.38. The van der Waals surface area contributed by atoms with Crippen LogP contribution in [0.3, 0.4) is 0 Å². The number of nitrogens with zero attached hydrogens (tertiary/aromatic N) is 1. The fourth-order valence-corrected chi connectivity index (χ4v) is 4.48. The molecule has 0 aliphatic heterocycles. The molecule has 0 amide bonds. The van der Waals surface area contributed by atoms with Gasteiger partial charge in [-0.15, -0.1) is 0 Å². The average Bonchev–Trinajstić information content (AvgIpc) is 2.98. The fourth-order valence-electron chi connectivity index (χ4n) is 4.48. The van der Waals surface area contributed by atoms with E-state index in [1.807, 2.05) is 24.3 Å². The Morgan fingerprint density at radius 3 is 1.45 bits per heavy atom. The van der Waals surface area contributed by atoms with E-state index >= 15 is 0 Å². The SMILES string of the molecule is COc1ccc(N(c2ccc(/C=C(\c3ccccc3)c3ccc(C)cc3)cc2)c2ccc(OC)cc2)cc1. The van der Waals surface area contributed by atoms with Crippen LogP contribution in [0.5, 0.6) is 11.5 Å². The minimum absolute atomic E-state index is 0.827. The van der Waals surface area contributed by atoms with Crippen molar-refractivity contribution in [1.82, 2.24) is 0 Å². The number of aryl methyl sites for hydroxylation is 1. The minimum Gasteiger partial charge on any atom is -0.497 e. The Morgan fingerprint density at radius 2 is 0.974 bits per heavy atom. The maximum Gasteiger partial charge on any atom is 0.119 e. The zero-order valence-corrected chi connectivity index (χ0v) is 22.0. The Labute approximate surface area is 225 Å². The Bertz CT molecular complexity index is 1440. The average molecular weight is 498 g/mol. The summed E-state index contributed by atoms with van der Waals surface area (Å²) in [5.41, 5.74) is 9.13. The molecule has 188 valence electrons. The summed E-state index contributed by atoms with van der Waals surface area (Å²) in [6.07, 6.45) is 2.26. The summed E-state index contributed by atoms with van der Waals surface area (Å²) in [6, 6.07) is 44.2. The predicted octanol–water partition coefficient (Wildman–Crippen LogP) is 9.07. The molecule has 38 heavy (non-hydrogen) atoms. The first-order valence-corrected chi connectivity index (χ1v) is 12.7. The first-order valence-electron chi connectivity index (χ1n) is 12.7. The molecule has 3 heteroatoms. The van der Waals surface area contributed by atoms with Crippen molar-refractivity contribution in [3.05, 3.63) is 150 Å². The molecule has 0 bridgehead atoms. The summed E-state index contributed by atoms with van der Waals surface area (Å²) < 4.78 is 10.8. The normalized spacial score (nSPS) is 11.2. The van der Waals surface area contributed by atoms with E-state index in [9.17, 15) is 0 Å². The van der Waals surface area contributed by atoms with Crippen molar-refractivity contribution in [2.75, 3.05) is 19.1 Å². The van der Waals surface area contributed by atoms with Crippen LogP contribution in [-0.2, 0) is 0 Å². The van der Waals surface area contributed by atoms with E-state index in [0.717, 1.165) is 34.1 Å². The molecule has 0 spiro atoms. The molecular formula is C35H31NO2. The van der Waals surface area contributed by atoms with Gasteiger partial charge in [-0.05, 0) is 95.9 Å². The second kappa shape index (κ2) is 11.5. The van der Waals surface area contributed by atoms with E-state index in [0.29, 0.717) is 0 Å². The van der Waals surface area contributed by atoms with Crippen molar-refractivity contribution in [2.24, 2.45) is 0 Å². The summed E-state index contributed by atoms with van der Waals surface area (Å²) in [4.78, 5) is 2.23. The Balaban J connectivity index is 1.54. The molecule has 0 aliphatic carbocycles. The van der Waals surface area contributed by atoms with Crippen molar-refractivity contribution in [2.45, 2.75) is 6.92 Å². The molecule has 5 rings (SSSR count). The molecule has 0 fully saturated rings. The van der Waals surface area contributed by atoms with E-state index in [4.69, 9.17) is 9.47 Å². The number of rotatable bonds is 8. The van der Waals surface area contributed by atoms with Gasteiger partial charge in [-0.3, -0.25) is 0 Å². The molecule has 0 aliphatic rings. The predicted molar refractivity (Wildman–Crippen MR) is 159 cm³/mol. The molecule has 0 N–H and O–H groups in total. The lowest BCUT2D eigenvalue weighted by molar-refractivity contribution is 0.415. The van der Waals surface area contributed by atoms with Crippen LogP contribution >= 0.6 is 0 Å². The molecule has 0 heterocycles. The molecule has 0 atom stereocenters. The first-order chi connectivity index (χ1) is 18.6. The molecule has 0 saturated carbocycles. The second-order valence-corrected chi connectivity index (χ2v) is 9.11. The van der Waals surface area contributed by atoms with E-state index in [1.54, 1.807) is 14.2 Å². The van der Waals surface area contributed by atoms with Gasteiger partial charge in [0.1, 0.15) is 11.5 Å². The van der Waals surface area contributed by atoms with Crippen LogP contribution in [0.4, 0.5) is 17.1 Å².